The largest absolute Gasteiger partial charge is 0.345 e. The third kappa shape index (κ3) is 4.39. The van der Waals surface area contributed by atoms with Crippen LogP contribution in [0, 0.1) is 0 Å². The highest BCUT2D eigenvalue weighted by atomic mass is 32.2. The van der Waals surface area contributed by atoms with Gasteiger partial charge in [-0.05, 0) is 48.9 Å². The van der Waals surface area contributed by atoms with Crippen LogP contribution < -0.4 is 10.0 Å². The summed E-state index contributed by atoms with van der Waals surface area (Å²) in [6, 6.07) is 16.2. The summed E-state index contributed by atoms with van der Waals surface area (Å²) in [6.07, 6.45) is 1.66. The number of nitrogens with one attached hydrogen (secondary N) is 2. The van der Waals surface area contributed by atoms with Crippen molar-refractivity contribution in [2.24, 2.45) is 0 Å². The second-order valence-corrected chi connectivity index (χ2v) is 9.44. The first kappa shape index (κ1) is 19.6. The summed E-state index contributed by atoms with van der Waals surface area (Å²) in [7, 11) is -3.24. The van der Waals surface area contributed by atoms with E-state index < -0.39 is 15.3 Å². The van der Waals surface area contributed by atoms with Crippen molar-refractivity contribution in [2.75, 3.05) is 6.54 Å². The Morgan fingerprint density at radius 2 is 1.52 bits per heavy atom. The molecule has 2 aromatic carbocycles. The van der Waals surface area contributed by atoms with Crippen LogP contribution >= 0.6 is 0 Å². The Kier molecular flexibility index (Phi) is 5.97. The molecule has 0 aromatic heterocycles. The van der Waals surface area contributed by atoms with Crippen LogP contribution in [0.2, 0.25) is 0 Å². The van der Waals surface area contributed by atoms with Gasteiger partial charge in [0.15, 0.2) is 0 Å². The van der Waals surface area contributed by atoms with Crippen LogP contribution in [0.3, 0.4) is 0 Å². The maximum Gasteiger partial charge on any atom is 0.220 e. The van der Waals surface area contributed by atoms with Gasteiger partial charge in [-0.15, -0.1) is 0 Å². The van der Waals surface area contributed by atoms with Crippen molar-refractivity contribution in [3.8, 4) is 11.1 Å². The van der Waals surface area contributed by atoms with Crippen LogP contribution in [-0.4, -0.2) is 26.1 Å². The molecule has 0 spiro atoms. The number of carbonyl (C=O) groups excluding carboxylic acids is 1. The number of benzene rings is 2. The zero-order chi connectivity index (χ0) is 19.4. The molecule has 5 nitrogen and oxygen atoms in total. The number of carbonyl (C=O) groups is 1. The molecule has 1 amide bonds. The molecular weight excluding hydrogens is 360 g/mol. The lowest BCUT2D eigenvalue weighted by Gasteiger charge is -2.16. The van der Waals surface area contributed by atoms with Gasteiger partial charge in [0.2, 0.25) is 15.9 Å². The first-order valence-electron chi connectivity index (χ1n) is 9.36. The minimum absolute atomic E-state index is 0.0155. The van der Waals surface area contributed by atoms with E-state index in [9.17, 15) is 13.2 Å². The van der Waals surface area contributed by atoms with E-state index in [1.807, 2.05) is 24.3 Å². The van der Waals surface area contributed by atoms with Gasteiger partial charge in [0.05, 0.1) is 11.3 Å². The predicted molar refractivity (Wildman–Crippen MR) is 108 cm³/mol. The first-order valence-corrected chi connectivity index (χ1v) is 10.9. The van der Waals surface area contributed by atoms with E-state index in [-0.39, 0.29) is 11.9 Å². The van der Waals surface area contributed by atoms with Gasteiger partial charge >= 0.3 is 0 Å². The Morgan fingerprint density at radius 1 is 0.963 bits per heavy atom. The molecule has 1 aliphatic rings. The lowest BCUT2D eigenvalue weighted by Crippen LogP contribution is -2.32. The Balaban J connectivity index is 1.54. The SMILES string of the molecule is CC(C)S(=O)(=O)NCCCCC(=O)NC1c2ccccc2-c2ccccc21. The molecule has 2 N–H and O–H groups in total. The normalized spacial score (nSPS) is 13.4. The molecule has 3 rings (SSSR count). The van der Waals surface area contributed by atoms with Gasteiger partial charge < -0.3 is 5.32 Å². The van der Waals surface area contributed by atoms with E-state index in [0.717, 1.165) is 11.1 Å². The zero-order valence-corrected chi connectivity index (χ0v) is 16.6. The molecule has 2 aromatic rings. The molecule has 1 aliphatic carbocycles. The zero-order valence-electron chi connectivity index (χ0n) is 15.7. The number of unbranched alkanes of at least 4 members (excludes halogenated alkanes) is 1. The van der Waals surface area contributed by atoms with Crippen molar-refractivity contribution in [3.63, 3.8) is 0 Å². The summed E-state index contributed by atoms with van der Waals surface area (Å²) in [4.78, 5) is 12.4. The highest BCUT2D eigenvalue weighted by Crippen LogP contribution is 2.42. The molecule has 27 heavy (non-hydrogen) atoms. The minimum atomic E-state index is -3.24. The average Bonchev–Trinajstić information content (AvgIpc) is 2.96. The molecule has 0 atom stereocenters. The van der Waals surface area contributed by atoms with Crippen LogP contribution in [0.25, 0.3) is 11.1 Å². The van der Waals surface area contributed by atoms with Crippen molar-refractivity contribution in [1.82, 2.24) is 10.0 Å². The molecule has 144 valence electrons. The summed E-state index contributed by atoms with van der Waals surface area (Å²) >= 11 is 0. The number of fused-ring (bicyclic) bond motifs is 3. The molecule has 0 fully saturated rings. The molecule has 0 unspecified atom stereocenters. The Morgan fingerprint density at radius 3 is 2.07 bits per heavy atom. The van der Waals surface area contributed by atoms with Crippen molar-refractivity contribution < 1.29 is 13.2 Å². The monoisotopic (exact) mass is 386 g/mol. The first-order chi connectivity index (χ1) is 12.9. The predicted octanol–water partition coefficient (Wildman–Crippen LogP) is 3.37. The molecule has 0 saturated carbocycles. The third-order valence-electron chi connectivity index (χ3n) is 4.89. The van der Waals surface area contributed by atoms with Crippen LogP contribution in [0.15, 0.2) is 48.5 Å². The van der Waals surface area contributed by atoms with Crippen LogP contribution in [0.5, 0.6) is 0 Å². The smallest absolute Gasteiger partial charge is 0.220 e. The quantitative estimate of drug-likeness (QED) is 0.683. The Bertz CT molecular complexity index is 877. The number of hydrogen-bond donors (Lipinski definition) is 2. The summed E-state index contributed by atoms with van der Waals surface area (Å²) in [6.45, 7) is 3.66. The number of sulfonamides is 1. The van der Waals surface area contributed by atoms with Crippen LogP contribution in [0.1, 0.15) is 50.3 Å². The van der Waals surface area contributed by atoms with E-state index in [4.69, 9.17) is 0 Å². The second kappa shape index (κ2) is 8.23. The molecule has 0 radical (unpaired) electrons. The molecule has 0 saturated heterocycles. The summed E-state index contributed by atoms with van der Waals surface area (Å²) in [5.74, 6) is -0.0155. The van der Waals surface area contributed by atoms with Gasteiger partial charge in [0.25, 0.3) is 0 Å². The molecule has 0 bridgehead atoms. The van der Waals surface area contributed by atoms with Gasteiger partial charge in [-0.1, -0.05) is 48.5 Å². The number of rotatable bonds is 8. The van der Waals surface area contributed by atoms with E-state index in [2.05, 4.69) is 34.3 Å². The summed E-state index contributed by atoms with van der Waals surface area (Å²) in [5, 5.41) is 2.70. The average molecular weight is 387 g/mol. The van der Waals surface area contributed by atoms with Gasteiger partial charge in [0.1, 0.15) is 0 Å². The number of amides is 1. The fourth-order valence-corrected chi connectivity index (χ4v) is 4.10. The van der Waals surface area contributed by atoms with Gasteiger partial charge in [-0.3, -0.25) is 4.79 Å². The maximum absolute atomic E-state index is 12.4. The van der Waals surface area contributed by atoms with Crippen molar-refractivity contribution in [1.29, 1.82) is 0 Å². The fourth-order valence-electron chi connectivity index (χ4n) is 3.34. The Hall–Kier alpha value is -2.18. The summed E-state index contributed by atoms with van der Waals surface area (Å²) < 4.78 is 26.0. The Labute approximate surface area is 161 Å². The van der Waals surface area contributed by atoms with E-state index in [1.165, 1.54) is 11.1 Å². The van der Waals surface area contributed by atoms with E-state index in [1.54, 1.807) is 13.8 Å². The molecule has 0 heterocycles. The molecule has 6 heteroatoms. The highest BCUT2D eigenvalue weighted by Gasteiger charge is 2.28. The topological polar surface area (TPSA) is 75.3 Å². The maximum atomic E-state index is 12.4. The van der Waals surface area contributed by atoms with Crippen molar-refractivity contribution in [3.05, 3.63) is 59.7 Å². The van der Waals surface area contributed by atoms with Crippen LogP contribution in [0.4, 0.5) is 0 Å². The standard InChI is InChI=1S/C21H26N2O3S/c1-15(2)27(25,26)22-14-8-7-13-20(24)23-21-18-11-5-3-9-16(18)17-10-4-6-12-19(17)21/h3-6,9-12,15,21-22H,7-8,13-14H2,1-2H3,(H,23,24). The fraction of sp³-hybridized carbons (Fsp3) is 0.381. The molecule has 0 aliphatic heterocycles. The van der Waals surface area contributed by atoms with Gasteiger partial charge in [-0.25, -0.2) is 13.1 Å². The minimum Gasteiger partial charge on any atom is -0.345 e. The number of hydrogen-bond acceptors (Lipinski definition) is 3. The lowest BCUT2D eigenvalue weighted by molar-refractivity contribution is -0.121. The summed E-state index contributed by atoms with van der Waals surface area (Å²) in [5.41, 5.74) is 4.58. The molecular formula is C21H26N2O3S. The van der Waals surface area contributed by atoms with E-state index in [0.29, 0.717) is 25.8 Å². The lowest BCUT2D eigenvalue weighted by atomic mass is 10.1. The van der Waals surface area contributed by atoms with Crippen molar-refractivity contribution in [2.45, 2.75) is 44.4 Å². The van der Waals surface area contributed by atoms with Crippen LogP contribution in [-0.2, 0) is 14.8 Å². The highest BCUT2D eigenvalue weighted by molar-refractivity contribution is 7.90. The van der Waals surface area contributed by atoms with E-state index >= 15 is 0 Å². The van der Waals surface area contributed by atoms with Gasteiger partial charge in [0, 0.05) is 13.0 Å². The van der Waals surface area contributed by atoms with Crippen molar-refractivity contribution >= 4 is 15.9 Å². The third-order valence-corrected chi connectivity index (χ3v) is 6.74. The second-order valence-electron chi connectivity index (χ2n) is 7.12. The van der Waals surface area contributed by atoms with Gasteiger partial charge in [-0.2, -0.15) is 0 Å².